The second-order valence-corrected chi connectivity index (χ2v) is 7.00. The van der Waals surface area contributed by atoms with Crippen LogP contribution in [0, 0.1) is 0 Å². The third kappa shape index (κ3) is 3.63. The molecule has 3 aromatic carbocycles. The van der Waals surface area contributed by atoms with E-state index >= 15 is 0 Å². The topological polar surface area (TPSA) is 50.7 Å². The minimum absolute atomic E-state index is 0.588. The van der Waals surface area contributed by atoms with Crippen molar-refractivity contribution in [2.45, 2.75) is 6.54 Å². The minimum atomic E-state index is 0.588. The number of fused-ring (bicyclic) bond motifs is 1. The van der Waals surface area contributed by atoms with Gasteiger partial charge in [0.15, 0.2) is 5.82 Å². The molecule has 0 aliphatic rings. The van der Waals surface area contributed by atoms with Crippen LogP contribution in [0.15, 0.2) is 103 Å². The average Bonchev–Trinajstić information content (AvgIpc) is 2.83. The number of nitrogens with zero attached hydrogens (tertiary/aromatic N) is 3. The zero-order valence-corrected chi connectivity index (χ0v) is 16.4. The predicted molar refractivity (Wildman–Crippen MR) is 122 cm³/mol. The average molecular weight is 388 g/mol. The smallest absolute Gasteiger partial charge is 0.162 e. The molecule has 5 aromatic rings. The van der Waals surface area contributed by atoms with Gasteiger partial charge in [-0.3, -0.25) is 4.98 Å². The van der Waals surface area contributed by atoms with Gasteiger partial charge in [0.1, 0.15) is 5.82 Å². The molecule has 2 heterocycles. The van der Waals surface area contributed by atoms with Gasteiger partial charge in [0, 0.05) is 11.8 Å². The summed E-state index contributed by atoms with van der Waals surface area (Å²) >= 11 is 0. The van der Waals surface area contributed by atoms with E-state index in [0.717, 1.165) is 39.1 Å². The van der Waals surface area contributed by atoms with E-state index in [1.807, 2.05) is 72.8 Å². The van der Waals surface area contributed by atoms with Crippen LogP contribution in [0.2, 0.25) is 0 Å². The number of benzene rings is 3. The van der Waals surface area contributed by atoms with Crippen LogP contribution in [0.25, 0.3) is 33.4 Å². The minimum Gasteiger partial charge on any atom is -0.364 e. The van der Waals surface area contributed by atoms with Crippen molar-refractivity contribution in [1.29, 1.82) is 0 Å². The molecule has 0 amide bonds. The monoisotopic (exact) mass is 388 g/mol. The lowest BCUT2D eigenvalue weighted by atomic mass is 10.0. The lowest BCUT2D eigenvalue weighted by molar-refractivity contribution is 1.03. The first kappa shape index (κ1) is 18.0. The molecule has 0 saturated heterocycles. The van der Waals surface area contributed by atoms with Gasteiger partial charge in [0.2, 0.25) is 0 Å². The van der Waals surface area contributed by atoms with E-state index in [1.54, 1.807) is 6.20 Å². The number of hydrogen-bond donors (Lipinski definition) is 1. The molecule has 0 spiro atoms. The van der Waals surface area contributed by atoms with E-state index in [9.17, 15) is 0 Å². The highest BCUT2D eigenvalue weighted by Gasteiger charge is 2.14. The van der Waals surface area contributed by atoms with Crippen LogP contribution in [0.4, 0.5) is 5.82 Å². The van der Waals surface area contributed by atoms with Gasteiger partial charge in [0.25, 0.3) is 0 Å². The molecule has 0 aliphatic heterocycles. The zero-order chi connectivity index (χ0) is 20.2. The van der Waals surface area contributed by atoms with Crippen molar-refractivity contribution in [3.05, 3.63) is 109 Å². The molecule has 0 radical (unpaired) electrons. The Hall–Kier alpha value is -4.05. The Balaban J connectivity index is 1.68. The van der Waals surface area contributed by atoms with Crippen LogP contribution >= 0.6 is 0 Å². The lowest BCUT2D eigenvalue weighted by Gasteiger charge is -2.14. The molecular formula is C26H20N4. The first-order valence-corrected chi connectivity index (χ1v) is 9.94. The van der Waals surface area contributed by atoms with Crippen molar-refractivity contribution in [2.75, 3.05) is 5.32 Å². The maximum absolute atomic E-state index is 4.92. The summed E-state index contributed by atoms with van der Waals surface area (Å²) in [5.74, 6) is 1.51. The Morgan fingerprint density at radius 1 is 0.633 bits per heavy atom. The fourth-order valence-corrected chi connectivity index (χ4v) is 3.56. The highest BCUT2D eigenvalue weighted by molar-refractivity contribution is 6.02. The van der Waals surface area contributed by atoms with E-state index in [1.165, 1.54) is 0 Å². The molecule has 5 rings (SSSR count). The Kier molecular flexibility index (Phi) is 4.88. The van der Waals surface area contributed by atoms with Gasteiger partial charge in [-0.2, -0.15) is 0 Å². The molecule has 0 saturated carbocycles. The molecular weight excluding hydrogens is 368 g/mol. The fourth-order valence-electron chi connectivity index (χ4n) is 3.56. The number of rotatable bonds is 5. The summed E-state index contributed by atoms with van der Waals surface area (Å²) in [6.45, 7) is 0.588. The molecule has 0 aliphatic carbocycles. The standard InChI is InChI=1S/C26H20N4/c1-3-10-19(11-4-1)22-15-9-16-23-24(22)26(28-18-21-14-7-8-17-27-21)30-25(29-23)20-12-5-2-6-13-20/h1-17H,18H2,(H,28,29,30). The molecule has 144 valence electrons. The fraction of sp³-hybridized carbons (Fsp3) is 0.0385. The van der Waals surface area contributed by atoms with Crippen molar-refractivity contribution in [3.8, 4) is 22.5 Å². The van der Waals surface area contributed by atoms with Crippen LogP contribution in [0.5, 0.6) is 0 Å². The Labute approximate surface area is 175 Å². The second-order valence-electron chi connectivity index (χ2n) is 7.00. The van der Waals surface area contributed by atoms with Crippen molar-refractivity contribution in [3.63, 3.8) is 0 Å². The second kappa shape index (κ2) is 8.13. The number of hydrogen-bond acceptors (Lipinski definition) is 4. The maximum atomic E-state index is 4.92. The van der Waals surface area contributed by atoms with E-state index in [-0.39, 0.29) is 0 Å². The first-order chi connectivity index (χ1) is 14.9. The summed E-state index contributed by atoms with van der Waals surface area (Å²) in [6, 6.07) is 32.6. The Morgan fingerprint density at radius 3 is 2.10 bits per heavy atom. The summed E-state index contributed by atoms with van der Waals surface area (Å²) in [6.07, 6.45) is 1.81. The molecule has 30 heavy (non-hydrogen) atoms. The van der Waals surface area contributed by atoms with Crippen molar-refractivity contribution < 1.29 is 0 Å². The van der Waals surface area contributed by atoms with Crippen LogP contribution in [-0.2, 0) is 6.54 Å². The number of pyridine rings is 1. The van der Waals surface area contributed by atoms with E-state index in [0.29, 0.717) is 12.4 Å². The number of anilines is 1. The van der Waals surface area contributed by atoms with Crippen LogP contribution in [-0.4, -0.2) is 15.0 Å². The van der Waals surface area contributed by atoms with E-state index < -0.39 is 0 Å². The SMILES string of the molecule is c1ccc(-c2nc(NCc3ccccn3)c3c(-c4ccccc4)cccc3n2)cc1. The van der Waals surface area contributed by atoms with E-state index in [2.05, 4.69) is 34.6 Å². The van der Waals surface area contributed by atoms with Crippen molar-refractivity contribution >= 4 is 16.7 Å². The maximum Gasteiger partial charge on any atom is 0.162 e. The normalized spacial score (nSPS) is 10.8. The molecule has 0 bridgehead atoms. The van der Waals surface area contributed by atoms with Gasteiger partial charge < -0.3 is 5.32 Å². The van der Waals surface area contributed by atoms with Gasteiger partial charge in [-0.25, -0.2) is 9.97 Å². The van der Waals surface area contributed by atoms with Gasteiger partial charge in [-0.1, -0.05) is 78.9 Å². The van der Waals surface area contributed by atoms with Crippen LogP contribution in [0.3, 0.4) is 0 Å². The third-order valence-corrected chi connectivity index (χ3v) is 5.00. The van der Waals surface area contributed by atoms with Crippen LogP contribution < -0.4 is 5.32 Å². The predicted octanol–water partition coefficient (Wildman–Crippen LogP) is 5.97. The van der Waals surface area contributed by atoms with Crippen molar-refractivity contribution in [1.82, 2.24) is 15.0 Å². The Bertz CT molecular complexity index is 1270. The Morgan fingerprint density at radius 2 is 1.37 bits per heavy atom. The number of nitrogens with one attached hydrogen (secondary N) is 1. The molecule has 2 aromatic heterocycles. The van der Waals surface area contributed by atoms with Crippen molar-refractivity contribution in [2.24, 2.45) is 0 Å². The largest absolute Gasteiger partial charge is 0.364 e. The third-order valence-electron chi connectivity index (χ3n) is 5.00. The van der Waals surface area contributed by atoms with Crippen LogP contribution in [0.1, 0.15) is 5.69 Å². The molecule has 0 atom stereocenters. The van der Waals surface area contributed by atoms with E-state index in [4.69, 9.17) is 9.97 Å². The highest BCUT2D eigenvalue weighted by atomic mass is 15.0. The molecule has 4 nitrogen and oxygen atoms in total. The molecule has 1 N–H and O–H groups in total. The summed E-state index contributed by atoms with van der Waals surface area (Å²) in [5.41, 5.74) is 5.11. The van der Waals surface area contributed by atoms with Gasteiger partial charge in [-0.05, 0) is 29.3 Å². The summed E-state index contributed by atoms with van der Waals surface area (Å²) in [5, 5.41) is 4.52. The highest BCUT2D eigenvalue weighted by Crippen LogP contribution is 2.34. The molecule has 4 heteroatoms. The summed E-state index contributed by atoms with van der Waals surface area (Å²) in [4.78, 5) is 14.2. The zero-order valence-electron chi connectivity index (χ0n) is 16.4. The summed E-state index contributed by atoms with van der Waals surface area (Å²) < 4.78 is 0. The molecule has 0 fully saturated rings. The molecule has 0 unspecified atom stereocenters. The quantitative estimate of drug-likeness (QED) is 0.403. The number of aromatic nitrogens is 3. The first-order valence-electron chi connectivity index (χ1n) is 9.94. The van der Waals surface area contributed by atoms with Gasteiger partial charge in [-0.15, -0.1) is 0 Å². The lowest BCUT2D eigenvalue weighted by Crippen LogP contribution is -2.06. The van der Waals surface area contributed by atoms with Gasteiger partial charge in [0.05, 0.1) is 23.1 Å². The summed E-state index contributed by atoms with van der Waals surface area (Å²) in [7, 11) is 0. The van der Waals surface area contributed by atoms with Gasteiger partial charge >= 0.3 is 0 Å².